The number of hydrogen-bond acceptors (Lipinski definition) is 5. The van der Waals surface area contributed by atoms with E-state index in [1.54, 1.807) is 25.3 Å². The first-order valence-corrected chi connectivity index (χ1v) is 6.49. The second-order valence-corrected chi connectivity index (χ2v) is 4.29. The van der Waals surface area contributed by atoms with Gasteiger partial charge in [0.15, 0.2) is 0 Å². The van der Waals surface area contributed by atoms with E-state index in [0.717, 1.165) is 19.4 Å². The first-order valence-electron chi connectivity index (χ1n) is 6.49. The molecule has 6 heteroatoms. The van der Waals surface area contributed by atoms with Crippen molar-refractivity contribution in [3.8, 4) is 0 Å². The normalized spacial score (nSPS) is 10.3. The quantitative estimate of drug-likeness (QED) is 0.720. The molecule has 0 radical (unpaired) electrons. The highest BCUT2D eigenvalue weighted by molar-refractivity contribution is 5.91. The Bertz CT molecular complexity index is 381. The van der Waals surface area contributed by atoms with Gasteiger partial charge >= 0.3 is 0 Å². The molecule has 0 aliphatic heterocycles. The van der Waals surface area contributed by atoms with E-state index >= 15 is 0 Å². The Labute approximate surface area is 114 Å². The van der Waals surface area contributed by atoms with Crippen LogP contribution in [0, 0.1) is 0 Å². The molecule has 1 N–H and O–H groups in total. The van der Waals surface area contributed by atoms with Crippen molar-refractivity contribution in [2.24, 2.45) is 0 Å². The fraction of sp³-hybridized carbons (Fsp3) is 0.615. The molecule has 1 heterocycles. The van der Waals surface area contributed by atoms with Gasteiger partial charge in [-0.1, -0.05) is 6.92 Å². The molecule has 0 unspecified atom stereocenters. The van der Waals surface area contributed by atoms with Gasteiger partial charge in [-0.25, -0.2) is 9.97 Å². The van der Waals surface area contributed by atoms with Crippen molar-refractivity contribution < 1.29 is 9.53 Å². The average Bonchev–Trinajstić information content (AvgIpc) is 2.45. The molecule has 1 amide bonds. The summed E-state index contributed by atoms with van der Waals surface area (Å²) in [6.07, 6.45) is 4.92. The number of aromatic nitrogens is 2. The van der Waals surface area contributed by atoms with Crippen LogP contribution in [0.25, 0.3) is 0 Å². The van der Waals surface area contributed by atoms with Gasteiger partial charge < -0.3 is 15.0 Å². The molecule has 0 atom stereocenters. The summed E-state index contributed by atoms with van der Waals surface area (Å²) in [5.41, 5.74) is 0.363. The number of nitrogens with zero attached hydrogens (tertiary/aromatic N) is 3. The highest BCUT2D eigenvalue weighted by Gasteiger charge is 2.13. The summed E-state index contributed by atoms with van der Waals surface area (Å²) in [4.78, 5) is 22.0. The van der Waals surface area contributed by atoms with Crippen molar-refractivity contribution in [2.45, 2.75) is 19.8 Å². The number of carbonyl (C=O) groups is 1. The van der Waals surface area contributed by atoms with Crippen LogP contribution < -0.4 is 5.32 Å². The summed E-state index contributed by atoms with van der Waals surface area (Å²) < 4.78 is 4.96. The number of methoxy groups -OCH3 is 1. The number of hydrogen-bond donors (Lipinski definition) is 1. The van der Waals surface area contributed by atoms with Crippen LogP contribution in [0.5, 0.6) is 0 Å². The summed E-state index contributed by atoms with van der Waals surface area (Å²) >= 11 is 0. The summed E-state index contributed by atoms with van der Waals surface area (Å²) in [5, 5.41) is 3.12. The van der Waals surface area contributed by atoms with E-state index < -0.39 is 0 Å². The van der Waals surface area contributed by atoms with Crippen LogP contribution in [0.2, 0.25) is 0 Å². The maximum atomic E-state index is 12.0. The van der Waals surface area contributed by atoms with Crippen molar-refractivity contribution >= 4 is 11.7 Å². The number of nitrogens with one attached hydrogen (secondary N) is 1. The zero-order valence-electron chi connectivity index (χ0n) is 11.8. The van der Waals surface area contributed by atoms with Crippen molar-refractivity contribution in [3.05, 3.63) is 18.1 Å². The predicted molar refractivity (Wildman–Crippen MR) is 74.3 cm³/mol. The van der Waals surface area contributed by atoms with Gasteiger partial charge in [-0.05, 0) is 12.8 Å². The third kappa shape index (κ3) is 5.21. The molecule has 0 aliphatic carbocycles. The molecule has 19 heavy (non-hydrogen) atoms. The van der Waals surface area contributed by atoms with E-state index in [-0.39, 0.29) is 5.91 Å². The third-order valence-corrected chi connectivity index (χ3v) is 2.62. The lowest BCUT2D eigenvalue weighted by molar-refractivity contribution is 0.0773. The van der Waals surface area contributed by atoms with Crippen LogP contribution in [0.15, 0.2) is 12.4 Å². The molecule has 0 bridgehead atoms. The summed E-state index contributed by atoms with van der Waals surface area (Å²) in [5.74, 6) is 0.575. The lowest BCUT2D eigenvalue weighted by Gasteiger charge is -2.16. The Kier molecular flexibility index (Phi) is 6.81. The molecule has 1 aromatic heterocycles. The molecule has 0 aliphatic rings. The van der Waals surface area contributed by atoms with Crippen LogP contribution in [0.1, 0.15) is 30.3 Å². The Balaban J connectivity index is 2.52. The van der Waals surface area contributed by atoms with E-state index in [0.29, 0.717) is 24.7 Å². The Morgan fingerprint density at radius 3 is 2.79 bits per heavy atom. The minimum Gasteiger partial charge on any atom is -0.385 e. The molecule has 0 saturated heterocycles. The second kappa shape index (κ2) is 8.42. The van der Waals surface area contributed by atoms with E-state index in [9.17, 15) is 4.79 Å². The van der Waals surface area contributed by atoms with Crippen molar-refractivity contribution in [1.82, 2.24) is 14.9 Å². The Morgan fingerprint density at radius 2 is 2.21 bits per heavy atom. The Hall–Kier alpha value is -1.69. The molecular formula is C13H22N4O2. The number of ether oxygens (including phenoxy) is 1. The van der Waals surface area contributed by atoms with Crippen LogP contribution in [-0.4, -0.2) is 54.6 Å². The van der Waals surface area contributed by atoms with Crippen LogP contribution in [0.3, 0.4) is 0 Å². The van der Waals surface area contributed by atoms with Crippen LogP contribution in [0.4, 0.5) is 5.82 Å². The van der Waals surface area contributed by atoms with Crippen molar-refractivity contribution in [2.75, 3.05) is 39.2 Å². The van der Waals surface area contributed by atoms with E-state index in [1.807, 2.05) is 0 Å². The standard InChI is InChI=1S/C13H22N4O2/c1-4-6-14-12-10-15-11(9-16-12)13(18)17(2)7-5-8-19-3/h9-10H,4-8H2,1-3H3,(H,14,16). The molecule has 1 rings (SSSR count). The van der Waals surface area contributed by atoms with Gasteiger partial charge in [0.1, 0.15) is 11.5 Å². The molecule has 106 valence electrons. The molecule has 0 saturated carbocycles. The second-order valence-electron chi connectivity index (χ2n) is 4.29. The zero-order valence-corrected chi connectivity index (χ0v) is 11.8. The third-order valence-electron chi connectivity index (χ3n) is 2.62. The van der Waals surface area contributed by atoms with Gasteiger partial charge in [-0.2, -0.15) is 0 Å². The summed E-state index contributed by atoms with van der Waals surface area (Å²) in [6.45, 7) is 4.21. The SMILES string of the molecule is CCCNc1cnc(C(=O)N(C)CCCOC)cn1. The predicted octanol–water partition coefficient (Wildman–Crippen LogP) is 1.41. The molecule has 0 fully saturated rings. The van der Waals surface area contributed by atoms with E-state index in [2.05, 4.69) is 22.2 Å². The Morgan fingerprint density at radius 1 is 1.42 bits per heavy atom. The maximum absolute atomic E-state index is 12.0. The first-order chi connectivity index (χ1) is 9.19. The minimum atomic E-state index is -0.120. The molecule has 0 spiro atoms. The van der Waals surface area contributed by atoms with Crippen molar-refractivity contribution in [1.29, 1.82) is 0 Å². The van der Waals surface area contributed by atoms with Gasteiger partial charge in [-0.15, -0.1) is 0 Å². The summed E-state index contributed by atoms with van der Waals surface area (Å²) in [6, 6.07) is 0. The number of carbonyl (C=O) groups excluding carboxylic acids is 1. The van der Waals surface area contributed by atoms with E-state index in [1.165, 1.54) is 6.20 Å². The lowest BCUT2D eigenvalue weighted by Crippen LogP contribution is -2.29. The fourth-order valence-electron chi connectivity index (χ4n) is 1.53. The van der Waals surface area contributed by atoms with Gasteiger partial charge in [0.05, 0.1) is 12.4 Å². The van der Waals surface area contributed by atoms with Crippen molar-refractivity contribution in [3.63, 3.8) is 0 Å². The number of rotatable bonds is 8. The molecule has 6 nitrogen and oxygen atoms in total. The van der Waals surface area contributed by atoms with Gasteiger partial charge in [0.2, 0.25) is 0 Å². The maximum Gasteiger partial charge on any atom is 0.273 e. The van der Waals surface area contributed by atoms with Crippen LogP contribution in [-0.2, 0) is 4.74 Å². The molecule has 1 aromatic rings. The van der Waals surface area contributed by atoms with Crippen LogP contribution >= 0.6 is 0 Å². The average molecular weight is 266 g/mol. The highest BCUT2D eigenvalue weighted by atomic mass is 16.5. The fourth-order valence-corrected chi connectivity index (χ4v) is 1.53. The number of anilines is 1. The van der Waals surface area contributed by atoms with Gasteiger partial charge in [-0.3, -0.25) is 4.79 Å². The minimum absolute atomic E-state index is 0.120. The first kappa shape index (κ1) is 15.4. The van der Waals surface area contributed by atoms with E-state index in [4.69, 9.17) is 4.74 Å². The topological polar surface area (TPSA) is 67.4 Å². The lowest BCUT2D eigenvalue weighted by atomic mass is 10.3. The smallest absolute Gasteiger partial charge is 0.273 e. The monoisotopic (exact) mass is 266 g/mol. The zero-order chi connectivity index (χ0) is 14.1. The highest BCUT2D eigenvalue weighted by Crippen LogP contribution is 2.04. The number of amides is 1. The summed E-state index contributed by atoms with van der Waals surface area (Å²) in [7, 11) is 3.40. The van der Waals surface area contributed by atoms with Gasteiger partial charge in [0, 0.05) is 33.9 Å². The molecule has 0 aromatic carbocycles. The van der Waals surface area contributed by atoms with Gasteiger partial charge in [0.25, 0.3) is 5.91 Å². The largest absolute Gasteiger partial charge is 0.385 e. The molecular weight excluding hydrogens is 244 g/mol.